The average Bonchev–Trinajstić information content (AvgIpc) is 3.03. The van der Waals surface area contributed by atoms with Gasteiger partial charge in [0.05, 0.1) is 11.2 Å². The van der Waals surface area contributed by atoms with Gasteiger partial charge in [0.25, 0.3) is 5.56 Å². The smallest absolute Gasteiger partial charge is 0.332 e. The highest BCUT2D eigenvalue weighted by molar-refractivity contribution is 6.02. The molecule has 3 aromatic heterocycles. The van der Waals surface area contributed by atoms with Crippen LogP contribution in [0.2, 0.25) is 0 Å². The van der Waals surface area contributed by atoms with Crippen LogP contribution in [0.15, 0.2) is 46.0 Å². The SMILES string of the molecule is CCn1c(-c2ccccc2)cc2nnc3c(c(=O)n(C)c(=O)n3C)c21. The van der Waals surface area contributed by atoms with E-state index in [1.54, 1.807) is 7.05 Å². The second-order valence-corrected chi connectivity index (χ2v) is 5.98. The Morgan fingerprint density at radius 3 is 2.40 bits per heavy atom. The van der Waals surface area contributed by atoms with Crippen molar-refractivity contribution in [2.45, 2.75) is 13.5 Å². The first-order valence-electron chi connectivity index (χ1n) is 8.05. The summed E-state index contributed by atoms with van der Waals surface area (Å²) in [6.45, 7) is 2.69. The Labute approximate surface area is 142 Å². The van der Waals surface area contributed by atoms with Gasteiger partial charge in [-0.2, -0.15) is 0 Å². The number of hydrogen-bond acceptors (Lipinski definition) is 4. The number of fused-ring (bicyclic) bond motifs is 3. The molecule has 25 heavy (non-hydrogen) atoms. The van der Waals surface area contributed by atoms with E-state index in [4.69, 9.17) is 0 Å². The fourth-order valence-electron chi connectivity index (χ4n) is 3.31. The lowest BCUT2D eigenvalue weighted by molar-refractivity contribution is 0.703. The summed E-state index contributed by atoms with van der Waals surface area (Å²) in [4.78, 5) is 25.0. The fraction of sp³-hybridized carbons (Fsp3) is 0.222. The van der Waals surface area contributed by atoms with Gasteiger partial charge in [0, 0.05) is 20.6 Å². The van der Waals surface area contributed by atoms with Crippen molar-refractivity contribution in [2.75, 3.05) is 0 Å². The van der Waals surface area contributed by atoms with Crippen LogP contribution in [0.5, 0.6) is 0 Å². The van der Waals surface area contributed by atoms with Gasteiger partial charge in [0.15, 0.2) is 5.65 Å². The van der Waals surface area contributed by atoms with Crippen molar-refractivity contribution in [3.8, 4) is 11.3 Å². The van der Waals surface area contributed by atoms with E-state index in [0.29, 0.717) is 28.6 Å². The number of aromatic nitrogens is 5. The van der Waals surface area contributed by atoms with E-state index in [0.717, 1.165) is 15.8 Å². The van der Waals surface area contributed by atoms with Crippen molar-refractivity contribution in [1.29, 1.82) is 0 Å². The first-order chi connectivity index (χ1) is 12.0. The zero-order chi connectivity index (χ0) is 17.7. The lowest BCUT2D eigenvalue weighted by Crippen LogP contribution is -2.37. The lowest BCUT2D eigenvalue weighted by atomic mass is 10.1. The van der Waals surface area contributed by atoms with Crippen molar-refractivity contribution in [1.82, 2.24) is 23.9 Å². The standard InChI is InChI=1S/C18H17N5O2/c1-4-23-13(11-8-6-5-7-9-11)10-12-15(23)14-16(20-19-12)21(2)18(25)22(3)17(14)24/h5-10H,4H2,1-3H3. The molecule has 4 rings (SSSR count). The average molecular weight is 335 g/mol. The van der Waals surface area contributed by atoms with Crippen molar-refractivity contribution < 1.29 is 0 Å². The summed E-state index contributed by atoms with van der Waals surface area (Å²) in [5.74, 6) is 0. The van der Waals surface area contributed by atoms with Gasteiger partial charge in [0.1, 0.15) is 10.9 Å². The van der Waals surface area contributed by atoms with Crippen molar-refractivity contribution in [2.24, 2.45) is 14.1 Å². The summed E-state index contributed by atoms with van der Waals surface area (Å²) in [5.41, 5.74) is 2.89. The zero-order valence-corrected chi connectivity index (χ0v) is 14.2. The zero-order valence-electron chi connectivity index (χ0n) is 14.2. The number of aryl methyl sites for hydroxylation is 2. The van der Waals surface area contributed by atoms with Crippen molar-refractivity contribution >= 4 is 22.1 Å². The van der Waals surface area contributed by atoms with E-state index < -0.39 is 5.69 Å². The Bertz CT molecular complexity index is 1230. The van der Waals surface area contributed by atoms with Crippen LogP contribution >= 0.6 is 0 Å². The highest BCUT2D eigenvalue weighted by Gasteiger charge is 2.19. The van der Waals surface area contributed by atoms with Gasteiger partial charge >= 0.3 is 5.69 Å². The molecule has 7 nitrogen and oxygen atoms in total. The molecule has 3 heterocycles. The maximum atomic E-state index is 12.8. The molecule has 0 saturated carbocycles. The molecule has 0 fully saturated rings. The summed E-state index contributed by atoms with van der Waals surface area (Å²) < 4.78 is 4.52. The molecule has 4 aromatic rings. The van der Waals surface area contributed by atoms with Crippen LogP contribution in [0.25, 0.3) is 33.3 Å². The van der Waals surface area contributed by atoms with Gasteiger partial charge in [-0.3, -0.25) is 13.9 Å². The molecule has 0 aliphatic carbocycles. The van der Waals surface area contributed by atoms with Gasteiger partial charge in [0.2, 0.25) is 0 Å². The Morgan fingerprint density at radius 2 is 1.72 bits per heavy atom. The maximum Gasteiger partial charge on any atom is 0.332 e. The minimum Gasteiger partial charge on any atom is -0.339 e. The van der Waals surface area contributed by atoms with Gasteiger partial charge in [-0.15, -0.1) is 10.2 Å². The molecule has 0 amide bonds. The van der Waals surface area contributed by atoms with Crippen LogP contribution in [0.3, 0.4) is 0 Å². The molecule has 0 N–H and O–H groups in total. The van der Waals surface area contributed by atoms with Gasteiger partial charge in [-0.1, -0.05) is 30.3 Å². The molecule has 7 heteroatoms. The minimum atomic E-state index is -0.413. The van der Waals surface area contributed by atoms with Gasteiger partial charge in [-0.05, 0) is 18.6 Å². The molecule has 0 radical (unpaired) electrons. The third-order valence-corrected chi connectivity index (χ3v) is 4.59. The third-order valence-electron chi connectivity index (χ3n) is 4.59. The van der Waals surface area contributed by atoms with E-state index in [1.807, 2.05) is 47.9 Å². The van der Waals surface area contributed by atoms with Crippen LogP contribution in [0.1, 0.15) is 6.92 Å². The van der Waals surface area contributed by atoms with E-state index in [1.165, 1.54) is 11.6 Å². The van der Waals surface area contributed by atoms with Crippen LogP contribution in [-0.2, 0) is 20.6 Å². The molecule has 0 unspecified atom stereocenters. The molecule has 126 valence electrons. The summed E-state index contributed by atoms with van der Waals surface area (Å²) in [6.07, 6.45) is 0. The minimum absolute atomic E-state index is 0.299. The highest BCUT2D eigenvalue weighted by Crippen LogP contribution is 2.29. The van der Waals surface area contributed by atoms with E-state index >= 15 is 0 Å². The monoisotopic (exact) mass is 335 g/mol. The van der Waals surface area contributed by atoms with E-state index in [-0.39, 0.29) is 5.56 Å². The Kier molecular flexibility index (Phi) is 3.31. The predicted octanol–water partition coefficient (Wildman–Crippen LogP) is 1.67. The Balaban J connectivity index is 2.25. The maximum absolute atomic E-state index is 12.8. The molecule has 0 spiro atoms. The van der Waals surface area contributed by atoms with Gasteiger partial charge in [-0.25, -0.2) is 4.79 Å². The number of rotatable bonds is 2. The second-order valence-electron chi connectivity index (χ2n) is 5.98. The Morgan fingerprint density at radius 1 is 1.00 bits per heavy atom. The second kappa shape index (κ2) is 5.41. The molecule has 0 saturated heterocycles. The van der Waals surface area contributed by atoms with Crippen LogP contribution in [0, 0.1) is 0 Å². The molecule has 0 bridgehead atoms. The van der Waals surface area contributed by atoms with Crippen molar-refractivity contribution in [3.05, 3.63) is 57.2 Å². The summed E-state index contributed by atoms with van der Waals surface area (Å²) in [6, 6.07) is 11.9. The molecule has 0 atom stereocenters. The van der Waals surface area contributed by atoms with Crippen molar-refractivity contribution in [3.63, 3.8) is 0 Å². The summed E-state index contributed by atoms with van der Waals surface area (Å²) >= 11 is 0. The van der Waals surface area contributed by atoms with Crippen LogP contribution in [0.4, 0.5) is 0 Å². The normalized spacial score (nSPS) is 11.5. The van der Waals surface area contributed by atoms with E-state index in [9.17, 15) is 9.59 Å². The van der Waals surface area contributed by atoms with E-state index in [2.05, 4.69) is 10.2 Å². The fourth-order valence-corrected chi connectivity index (χ4v) is 3.31. The van der Waals surface area contributed by atoms with Gasteiger partial charge < -0.3 is 4.57 Å². The number of nitrogens with zero attached hydrogens (tertiary/aromatic N) is 5. The third kappa shape index (κ3) is 2.05. The van der Waals surface area contributed by atoms with Crippen LogP contribution < -0.4 is 11.2 Å². The Hall–Kier alpha value is -3.22. The summed E-state index contributed by atoms with van der Waals surface area (Å²) in [5, 5.41) is 8.81. The number of benzene rings is 1. The molecular weight excluding hydrogens is 318 g/mol. The topological polar surface area (TPSA) is 74.7 Å². The molecule has 0 aliphatic heterocycles. The number of hydrogen-bond donors (Lipinski definition) is 0. The predicted molar refractivity (Wildman–Crippen MR) is 96.6 cm³/mol. The highest BCUT2D eigenvalue weighted by atomic mass is 16.2. The van der Waals surface area contributed by atoms with Crippen LogP contribution in [-0.4, -0.2) is 23.9 Å². The summed E-state index contributed by atoms with van der Waals surface area (Å²) in [7, 11) is 3.08. The molecule has 0 aliphatic rings. The first kappa shape index (κ1) is 15.3. The lowest BCUT2D eigenvalue weighted by Gasteiger charge is -2.10. The largest absolute Gasteiger partial charge is 0.339 e. The molecular formula is C18H17N5O2. The molecule has 1 aromatic carbocycles. The first-order valence-corrected chi connectivity index (χ1v) is 8.05. The quantitative estimate of drug-likeness (QED) is 0.558.